The number of ether oxygens (including phenoxy) is 1. The van der Waals surface area contributed by atoms with Crippen LogP contribution in [0.3, 0.4) is 0 Å². The summed E-state index contributed by atoms with van der Waals surface area (Å²) in [5.41, 5.74) is 0. The molecule has 9 N–H and O–H groups in total. The zero-order valence-corrected chi connectivity index (χ0v) is 33.7. The third-order valence-electron chi connectivity index (χ3n) is 15.8. The Labute approximate surface area is 314 Å². The molecule has 10 aliphatic rings. The van der Waals surface area contributed by atoms with Crippen molar-refractivity contribution < 1.29 is 24.2 Å². The summed E-state index contributed by atoms with van der Waals surface area (Å²) in [7, 11) is 0. The molecule has 0 aromatic carbocycles. The van der Waals surface area contributed by atoms with Crippen molar-refractivity contribution >= 4 is 0 Å². The number of nitrogens with one attached hydrogen (secondary N) is 9. The van der Waals surface area contributed by atoms with Gasteiger partial charge in [-0.3, -0.25) is 47.4 Å². The molecule has 6 saturated heterocycles. The maximum Gasteiger partial charge on any atom is 0.0653 e. The summed E-state index contributed by atoms with van der Waals surface area (Å²) >= 11 is 0. The molecular weight excluding hydrogens is 678 g/mol. The van der Waals surface area contributed by atoms with Gasteiger partial charge < -0.3 is 10.1 Å². The second-order valence-electron chi connectivity index (χ2n) is 18.2. The molecule has 17 unspecified atom stereocenters. The van der Waals surface area contributed by atoms with Crippen LogP contribution in [0.4, 0.5) is 0 Å². The summed E-state index contributed by atoms with van der Waals surface area (Å²) in [6.45, 7) is 6.43. The fourth-order valence-electron chi connectivity index (χ4n) is 13.5. The van der Waals surface area contributed by atoms with Gasteiger partial charge in [-0.05, 0) is 92.8 Å². The van der Waals surface area contributed by atoms with Gasteiger partial charge in [-0.25, -0.2) is 0 Å². The van der Waals surface area contributed by atoms with E-state index in [0.29, 0.717) is 84.8 Å². The van der Waals surface area contributed by atoms with E-state index in [9.17, 15) is 0 Å². The van der Waals surface area contributed by atoms with Crippen LogP contribution in [0, 0.1) is 47.3 Å². The van der Waals surface area contributed by atoms with Gasteiger partial charge in [0.25, 0.3) is 0 Å². The number of hydrogen-bond acceptors (Lipinski definition) is 11. The Kier molecular flexibility index (Phi) is 11.3. The van der Waals surface area contributed by atoms with E-state index in [1.165, 1.54) is 96.3 Å². The van der Waals surface area contributed by atoms with Gasteiger partial charge in [-0.15, -0.1) is 0 Å². The van der Waals surface area contributed by atoms with Gasteiger partial charge >= 0.3 is 0 Å². The smallest absolute Gasteiger partial charge is 0.0653 e. The van der Waals surface area contributed by atoms with Crippen molar-refractivity contribution in [2.24, 2.45) is 47.3 Å². The monoisotopic (exact) mass is 744 g/mol. The first-order chi connectivity index (χ1) is 24.3. The van der Waals surface area contributed by atoms with Crippen LogP contribution in [0.1, 0.15) is 96.3 Å². The topological polar surface area (TPSA) is 121 Å². The number of nitrogens with zero attached hydrogens (tertiary/aromatic N) is 1. The van der Waals surface area contributed by atoms with Crippen molar-refractivity contribution in [1.29, 1.82) is 0 Å². The van der Waals surface area contributed by atoms with Crippen LogP contribution in [0.5, 0.6) is 0 Å². The molecule has 0 aromatic heterocycles. The van der Waals surface area contributed by atoms with Crippen LogP contribution in [-0.4, -0.2) is 99.7 Å². The third kappa shape index (κ3) is 6.85. The molecule has 278 valence electrons. The molecule has 0 aromatic rings. The van der Waals surface area contributed by atoms with E-state index < -0.39 is 0 Å². The average molecular weight is 746 g/mol. The van der Waals surface area contributed by atoms with Crippen molar-refractivity contribution in [3.05, 3.63) is 0 Å². The molecule has 8 bridgehead atoms. The molecule has 12 heteroatoms. The quantitative estimate of drug-likeness (QED) is 0.195. The average Bonchev–Trinajstić information content (AvgIpc) is 3.88. The molecule has 11 nitrogen and oxygen atoms in total. The molecule has 0 spiro atoms. The van der Waals surface area contributed by atoms with Crippen LogP contribution in [-0.2, 0) is 24.2 Å². The zero-order valence-electron chi connectivity index (χ0n) is 30.7. The van der Waals surface area contributed by atoms with E-state index in [4.69, 9.17) is 4.74 Å². The molecule has 0 radical (unpaired) electrons. The molecule has 4 saturated carbocycles. The minimum absolute atomic E-state index is 0. The Balaban J connectivity index is 0.00000336. The summed E-state index contributed by atoms with van der Waals surface area (Å²) in [6, 6.07) is 0. The molecule has 6 heterocycles. The number of rotatable bonds is 4. The standard InChI is InChI=1S/C38H68N10O.Zn/c1-2-9-23-22(8-1)31-40-32(23)42-34-26-12-5-6-13-27(26)36(44-34)46-38-30-28(14-7-15-29(30)49-21-20-48-18-16-39-17-19-48)37(47-38)45-35-25-11-4-3-10-24(25)33(41-31)43-35;/h22-47H,1-21H2;. The minimum Gasteiger partial charge on any atom is -0.376 e. The first-order valence-corrected chi connectivity index (χ1v) is 21.4. The number of fused-ring (bicyclic) bond motifs is 20. The largest absolute Gasteiger partial charge is 0.376 e. The zero-order chi connectivity index (χ0) is 32.3. The van der Waals surface area contributed by atoms with Crippen LogP contribution in [0.2, 0.25) is 0 Å². The van der Waals surface area contributed by atoms with Gasteiger partial charge in [-0.1, -0.05) is 44.9 Å². The van der Waals surface area contributed by atoms with E-state index in [-0.39, 0.29) is 25.6 Å². The summed E-state index contributed by atoms with van der Waals surface area (Å²) in [5.74, 6) is 5.29. The third-order valence-corrected chi connectivity index (χ3v) is 15.8. The van der Waals surface area contributed by atoms with Crippen molar-refractivity contribution in [3.63, 3.8) is 0 Å². The van der Waals surface area contributed by atoms with Crippen LogP contribution < -0.4 is 47.9 Å². The maximum absolute atomic E-state index is 6.95. The Morgan fingerprint density at radius 1 is 0.420 bits per heavy atom. The van der Waals surface area contributed by atoms with E-state index in [1.54, 1.807) is 0 Å². The summed E-state index contributed by atoms with van der Waals surface area (Å²) in [4.78, 5) is 2.59. The molecular formula is C38H68N10OZn. The van der Waals surface area contributed by atoms with Crippen molar-refractivity contribution in [2.75, 3.05) is 39.3 Å². The first kappa shape index (κ1) is 35.9. The van der Waals surface area contributed by atoms with E-state index in [2.05, 4.69) is 52.8 Å². The van der Waals surface area contributed by atoms with Crippen LogP contribution in [0.15, 0.2) is 0 Å². The molecule has 50 heavy (non-hydrogen) atoms. The predicted octanol–water partition coefficient (Wildman–Crippen LogP) is 1.50. The molecule has 17 atom stereocenters. The predicted molar refractivity (Wildman–Crippen MR) is 192 cm³/mol. The molecule has 6 aliphatic heterocycles. The SMILES string of the molecule is C1CCC2C3NC(NC4NC(NC5NC(NC6NC(N3)C3CCCCC63)C3C(OCCN6CCNCC6)CCCC53)C3CCCCC43)C2C1.[Zn]. The van der Waals surface area contributed by atoms with Gasteiger partial charge in [0.05, 0.1) is 62.0 Å². The van der Waals surface area contributed by atoms with Gasteiger partial charge in [-0.2, -0.15) is 0 Å². The van der Waals surface area contributed by atoms with E-state index >= 15 is 0 Å². The summed E-state index contributed by atoms with van der Waals surface area (Å²) < 4.78 is 6.95. The van der Waals surface area contributed by atoms with Crippen LogP contribution >= 0.6 is 0 Å². The first-order valence-electron chi connectivity index (χ1n) is 21.4. The van der Waals surface area contributed by atoms with Gasteiger partial charge in [0.15, 0.2) is 0 Å². The molecule has 4 aliphatic carbocycles. The fourth-order valence-corrected chi connectivity index (χ4v) is 13.5. The molecule has 10 rings (SSSR count). The Hall–Kier alpha value is 0.183. The Morgan fingerprint density at radius 2 is 0.780 bits per heavy atom. The second-order valence-corrected chi connectivity index (χ2v) is 18.2. The van der Waals surface area contributed by atoms with Gasteiger partial charge in [0.2, 0.25) is 0 Å². The van der Waals surface area contributed by atoms with Crippen molar-refractivity contribution in [3.8, 4) is 0 Å². The Bertz CT molecular complexity index is 1130. The van der Waals surface area contributed by atoms with Gasteiger partial charge in [0, 0.05) is 58.1 Å². The van der Waals surface area contributed by atoms with E-state index in [0.717, 1.165) is 51.2 Å². The number of piperazine rings is 1. The normalized spacial score (nSPS) is 52.0. The minimum atomic E-state index is 0. The maximum atomic E-state index is 6.95. The van der Waals surface area contributed by atoms with E-state index in [1.807, 2.05) is 0 Å². The molecule has 0 amide bonds. The van der Waals surface area contributed by atoms with Gasteiger partial charge in [0.1, 0.15) is 0 Å². The van der Waals surface area contributed by atoms with Crippen molar-refractivity contribution in [2.45, 2.75) is 152 Å². The summed E-state index contributed by atoms with van der Waals surface area (Å²) in [6.07, 6.45) is 23.2. The fraction of sp³-hybridized carbons (Fsp3) is 1.00. The van der Waals surface area contributed by atoms with Crippen molar-refractivity contribution in [1.82, 2.24) is 52.8 Å². The Morgan fingerprint density at radius 3 is 1.20 bits per heavy atom. The molecule has 10 fully saturated rings. The van der Waals surface area contributed by atoms with Crippen LogP contribution in [0.25, 0.3) is 0 Å². The number of hydrogen-bond donors (Lipinski definition) is 9. The summed E-state index contributed by atoms with van der Waals surface area (Å²) in [5, 5.41) is 37.7. The second kappa shape index (κ2) is 15.7.